The quantitative estimate of drug-likeness (QED) is 0.245. The first-order valence-corrected chi connectivity index (χ1v) is 4.65. The van der Waals surface area contributed by atoms with Crippen LogP contribution in [0.4, 0.5) is 0 Å². The number of hydrogen-bond donors (Lipinski definition) is 6. The van der Waals surface area contributed by atoms with Crippen LogP contribution in [-0.2, 0) is 9.53 Å². The molecule has 0 radical (unpaired) electrons. The molecule has 0 heterocycles. The van der Waals surface area contributed by atoms with Gasteiger partial charge in [0.2, 0.25) is 0 Å². The molecule has 16 heavy (non-hydrogen) atoms. The molecule has 0 fully saturated rings. The van der Waals surface area contributed by atoms with E-state index in [1.165, 1.54) is 0 Å². The first-order chi connectivity index (χ1) is 7.45. The summed E-state index contributed by atoms with van der Waals surface area (Å²) in [6.45, 7) is -0.902. The van der Waals surface area contributed by atoms with E-state index in [-0.39, 0.29) is 13.2 Å². The van der Waals surface area contributed by atoms with Crippen molar-refractivity contribution in [1.82, 2.24) is 0 Å². The average Bonchev–Trinajstić information content (AvgIpc) is 2.31. The molecule has 0 saturated carbocycles. The Balaban J connectivity index is 4.25. The Hall–Kier alpha value is -0.770. The molecule has 0 unspecified atom stereocenters. The van der Waals surface area contributed by atoms with Crippen LogP contribution < -0.4 is 5.73 Å². The van der Waals surface area contributed by atoms with Gasteiger partial charge in [0, 0.05) is 6.54 Å². The Morgan fingerprint density at radius 3 is 2.19 bits per heavy atom. The minimum absolute atomic E-state index is 0.0520. The summed E-state index contributed by atoms with van der Waals surface area (Å²) in [6.07, 6.45) is -7.48. The van der Waals surface area contributed by atoms with E-state index in [4.69, 9.17) is 15.9 Å². The maximum Gasteiger partial charge on any atom is 0.337 e. The second-order valence-electron chi connectivity index (χ2n) is 3.13. The molecule has 8 nitrogen and oxygen atoms in total. The van der Waals surface area contributed by atoms with Crippen molar-refractivity contribution in [2.24, 2.45) is 5.73 Å². The maximum atomic E-state index is 11.0. The Morgan fingerprint density at radius 2 is 1.75 bits per heavy atom. The van der Waals surface area contributed by atoms with Gasteiger partial charge in [0.25, 0.3) is 0 Å². The second-order valence-corrected chi connectivity index (χ2v) is 3.13. The molecule has 0 bridgehead atoms. The Kier molecular flexibility index (Phi) is 7.13. The number of aliphatic hydroxyl groups is 5. The highest BCUT2D eigenvalue weighted by atomic mass is 16.5. The van der Waals surface area contributed by atoms with E-state index in [9.17, 15) is 20.1 Å². The third-order valence-corrected chi connectivity index (χ3v) is 1.86. The predicted octanol–water partition coefficient (Wildman–Crippen LogP) is -4.08. The van der Waals surface area contributed by atoms with Crippen molar-refractivity contribution in [2.75, 3.05) is 19.8 Å². The lowest BCUT2D eigenvalue weighted by Crippen LogP contribution is -2.49. The lowest BCUT2D eigenvalue weighted by Gasteiger charge is -2.24. The lowest BCUT2D eigenvalue weighted by molar-refractivity contribution is -0.170. The van der Waals surface area contributed by atoms with Gasteiger partial charge in [-0.05, 0) is 0 Å². The van der Waals surface area contributed by atoms with Crippen molar-refractivity contribution in [3.63, 3.8) is 0 Å². The number of aliphatic hydroxyl groups excluding tert-OH is 5. The van der Waals surface area contributed by atoms with Crippen molar-refractivity contribution < 1.29 is 35.1 Å². The summed E-state index contributed by atoms with van der Waals surface area (Å²) in [5.41, 5.74) is 5.04. The molecule has 8 heteroatoms. The summed E-state index contributed by atoms with van der Waals surface area (Å²) in [5, 5.41) is 45.1. The molecule has 0 aliphatic rings. The first-order valence-electron chi connectivity index (χ1n) is 4.65. The lowest BCUT2D eigenvalue weighted by atomic mass is 10.0. The fourth-order valence-electron chi connectivity index (χ4n) is 0.907. The molecule has 0 aromatic carbocycles. The highest BCUT2D eigenvalue weighted by molar-refractivity contribution is 5.75. The average molecular weight is 239 g/mol. The third-order valence-electron chi connectivity index (χ3n) is 1.86. The van der Waals surface area contributed by atoms with E-state index in [1.807, 2.05) is 0 Å². The van der Waals surface area contributed by atoms with Crippen LogP contribution in [-0.4, -0.2) is 75.7 Å². The van der Waals surface area contributed by atoms with Crippen LogP contribution in [0.5, 0.6) is 0 Å². The molecule has 0 amide bonds. The van der Waals surface area contributed by atoms with E-state index >= 15 is 0 Å². The van der Waals surface area contributed by atoms with Crippen molar-refractivity contribution in [1.29, 1.82) is 0 Å². The summed E-state index contributed by atoms with van der Waals surface area (Å²) < 4.78 is 4.41. The summed E-state index contributed by atoms with van der Waals surface area (Å²) >= 11 is 0. The van der Waals surface area contributed by atoms with Gasteiger partial charge >= 0.3 is 5.97 Å². The van der Waals surface area contributed by atoms with Crippen molar-refractivity contribution >= 4 is 5.97 Å². The van der Waals surface area contributed by atoms with E-state index in [0.717, 1.165) is 0 Å². The fourth-order valence-corrected chi connectivity index (χ4v) is 0.907. The summed E-state index contributed by atoms with van der Waals surface area (Å²) in [4.78, 5) is 11.0. The predicted molar refractivity (Wildman–Crippen MR) is 51.1 cm³/mol. The number of ether oxygens (including phenoxy) is 1. The van der Waals surface area contributed by atoms with E-state index in [2.05, 4.69) is 4.74 Å². The zero-order valence-corrected chi connectivity index (χ0v) is 8.56. The van der Waals surface area contributed by atoms with Gasteiger partial charge in [-0.3, -0.25) is 0 Å². The van der Waals surface area contributed by atoms with Gasteiger partial charge in [-0.1, -0.05) is 0 Å². The molecular weight excluding hydrogens is 222 g/mol. The van der Waals surface area contributed by atoms with E-state index in [1.54, 1.807) is 0 Å². The Morgan fingerprint density at radius 1 is 1.19 bits per heavy atom. The molecule has 4 atom stereocenters. The SMILES string of the molecule is NCCOC(=O)[C@H](O)[C@@H](O)[C@H](O)[C@H](O)CO. The van der Waals surface area contributed by atoms with Crippen molar-refractivity contribution in [2.45, 2.75) is 24.4 Å². The number of esters is 1. The van der Waals surface area contributed by atoms with Gasteiger partial charge in [0.15, 0.2) is 6.10 Å². The van der Waals surface area contributed by atoms with Gasteiger partial charge in [-0.15, -0.1) is 0 Å². The Labute approximate surface area is 91.9 Å². The molecule has 0 aliphatic carbocycles. The number of carbonyl (C=O) groups is 1. The molecule has 96 valence electrons. The zero-order valence-electron chi connectivity index (χ0n) is 8.56. The van der Waals surface area contributed by atoms with Gasteiger partial charge in [-0.25, -0.2) is 4.79 Å². The number of nitrogens with two attached hydrogens (primary N) is 1. The first kappa shape index (κ1) is 15.2. The normalized spacial score (nSPS) is 18.6. The van der Waals surface area contributed by atoms with Gasteiger partial charge in [0.05, 0.1) is 6.61 Å². The summed E-state index contributed by atoms with van der Waals surface area (Å²) in [6, 6.07) is 0. The largest absolute Gasteiger partial charge is 0.462 e. The van der Waals surface area contributed by atoms with Crippen molar-refractivity contribution in [3.05, 3.63) is 0 Å². The summed E-state index contributed by atoms with van der Waals surface area (Å²) in [7, 11) is 0. The van der Waals surface area contributed by atoms with Crippen LogP contribution >= 0.6 is 0 Å². The maximum absolute atomic E-state index is 11.0. The van der Waals surface area contributed by atoms with Crippen LogP contribution in [0.3, 0.4) is 0 Å². The standard InChI is InChI=1S/C8H17NO7/c9-1-2-16-8(15)7(14)6(13)5(12)4(11)3-10/h4-7,10-14H,1-3,9H2/t4-,5-,6+,7-/m1/s1. The highest BCUT2D eigenvalue weighted by Crippen LogP contribution is 2.06. The van der Waals surface area contributed by atoms with Gasteiger partial charge < -0.3 is 36.0 Å². The molecule has 0 aromatic heterocycles. The summed E-state index contributed by atoms with van der Waals surface area (Å²) in [5.74, 6) is -1.16. The Bertz CT molecular complexity index is 213. The topological polar surface area (TPSA) is 153 Å². The molecule has 0 rings (SSSR count). The van der Waals surface area contributed by atoms with Crippen LogP contribution in [0, 0.1) is 0 Å². The van der Waals surface area contributed by atoms with Crippen LogP contribution in [0.25, 0.3) is 0 Å². The van der Waals surface area contributed by atoms with E-state index < -0.39 is 37.0 Å². The smallest absolute Gasteiger partial charge is 0.337 e. The molecule has 0 spiro atoms. The number of carbonyl (C=O) groups excluding carboxylic acids is 1. The zero-order chi connectivity index (χ0) is 12.7. The monoisotopic (exact) mass is 239 g/mol. The van der Waals surface area contributed by atoms with Crippen molar-refractivity contribution in [3.8, 4) is 0 Å². The van der Waals surface area contributed by atoms with Gasteiger partial charge in [0.1, 0.15) is 24.9 Å². The molecular formula is C8H17NO7. The highest BCUT2D eigenvalue weighted by Gasteiger charge is 2.34. The van der Waals surface area contributed by atoms with E-state index in [0.29, 0.717) is 0 Å². The van der Waals surface area contributed by atoms with Crippen LogP contribution in [0.2, 0.25) is 0 Å². The van der Waals surface area contributed by atoms with Crippen LogP contribution in [0.15, 0.2) is 0 Å². The number of hydrogen-bond acceptors (Lipinski definition) is 8. The third kappa shape index (κ3) is 4.39. The number of rotatable bonds is 7. The molecule has 0 saturated heterocycles. The molecule has 7 N–H and O–H groups in total. The molecule has 0 aliphatic heterocycles. The minimum Gasteiger partial charge on any atom is -0.462 e. The fraction of sp³-hybridized carbons (Fsp3) is 0.875. The van der Waals surface area contributed by atoms with Gasteiger partial charge in [-0.2, -0.15) is 0 Å². The van der Waals surface area contributed by atoms with Crippen LogP contribution in [0.1, 0.15) is 0 Å². The molecule has 0 aromatic rings. The second kappa shape index (κ2) is 7.49. The minimum atomic E-state index is -2.01.